The Bertz CT molecular complexity index is 1320. The van der Waals surface area contributed by atoms with Gasteiger partial charge in [0.05, 0.1) is 17.3 Å². The largest absolute Gasteiger partial charge is 0.492 e. The maximum absolute atomic E-state index is 13.4. The summed E-state index contributed by atoms with van der Waals surface area (Å²) in [6.45, 7) is 9.33. The van der Waals surface area contributed by atoms with Crippen molar-refractivity contribution >= 4 is 23.4 Å². The van der Waals surface area contributed by atoms with Gasteiger partial charge in [0.1, 0.15) is 11.4 Å². The van der Waals surface area contributed by atoms with Gasteiger partial charge in [0.15, 0.2) is 0 Å². The van der Waals surface area contributed by atoms with E-state index in [0.717, 1.165) is 35.2 Å². The molecule has 0 saturated heterocycles. The lowest BCUT2D eigenvalue weighted by Gasteiger charge is -2.30. The molecule has 3 rings (SSSR count). The Morgan fingerprint density at radius 2 is 1.79 bits per heavy atom. The number of hydrogen-bond acceptors (Lipinski definition) is 5. The minimum atomic E-state index is -0.474. The fraction of sp³-hybridized carbons (Fsp3) is 0.387. The normalized spacial score (nSPS) is 12.3. The topological polar surface area (TPSA) is 97.5 Å². The number of halogens is 1. The first-order valence-electron chi connectivity index (χ1n) is 13.1. The van der Waals surface area contributed by atoms with Crippen LogP contribution in [-0.4, -0.2) is 55.0 Å². The van der Waals surface area contributed by atoms with Crippen LogP contribution in [-0.2, 0) is 4.79 Å². The first kappa shape index (κ1) is 30.1. The second kappa shape index (κ2) is 13.1. The Morgan fingerprint density at radius 1 is 1.08 bits per heavy atom. The molecule has 0 unspecified atom stereocenters. The zero-order valence-corrected chi connectivity index (χ0v) is 24.4. The van der Waals surface area contributed by atoms with Crippen LogP contribution in [0.25, 0.3) is 22.4 Å². The smallest absolute Gasteiger partial charge is 0.270 e. The van der Waals surface area contributed by atoms with E-state index in [1.807, 2.05) is 84.3 Å². The molecule has 0 spiro atoms. The van der Waals surface area contributed by atoms with Crippen molar-refractivity contribution in [1.82, 2.24) is 15.2 Å². The fourth-order valence-corrected chi connectivity index (χ4v) is 4.40. The molecule has 1 aromatic heterocycles. The molecular weight excluding hydrogens is 512 g/mol. The van der Waals surface area contributed by atoms with E-state index in [4.69, 9.17) is 27.1 Å². The number of amides is 2. The molecule has 0 aliphatic carbocycles. The van der Waals surface area contributed by atoms with Crippen molar-refractivity contribution in [2.45, 2.75) is 46.6 Å². The molecule has 3 aromatic rings. The highest BCUT2D eigenvalue weighted by atomic mass is 35.5. The molecule has 8 heteroatoms. The van der Waals surface area contributed by atoms with E-state index in [2.05, 4.69) is 10.2 Å². The molecule has 2 aromatic carbocycles. The summed E-state index contributed by atoms with van der Waals surface area (Å²) in [7, 11) is 4.04. The molecule has 0 fully saturated rings. The highest BCUT2D eigenvalue weighted by Crippen LogP contribution is 2.36. The molecule has 0 aliphatic rings. The lowest BCUT2D eigenvalue weighted by Crippen LogP contribution is -2.46. The van der Waals surface area contributed by atoms with Crippen molar-refractivity contribution in [3.63, 3.8) is 0 Å². The molecule has 208 valence electrons. The van der Waals surface area contributed by atoms with Crippen LogP contribution in [0.1, 0.15) is 49.7 Å². The summed E-state index contributed by atoms with van der Waals surface area (Å²) in [4.78, 5) is 32.0. The molecule has 1 atom stereocenters. The average molecular weight is 551 g/mol. The Kier molecular flexibility index (Phi) is 10.1. The molecule has 2 amide bonds. The first-order chi connectivity index (χ1) is 18.4. The summed E-state index contributed by atoms with van der Waals surface area (Å²) in [6, 6.07) is 16.8. The highest BCUT2D eigenvalue weighted by molar-refractivity contribution is 6.32. The second-order valence-electron chi connectivity index (χ2n) is 11.1. The predicted molar refractivity (Wildman–Crippen MR) is 158 cm³/mol. The molecular formula is C31H39ClN4O3. The number of pyridine rings is 1. The number of carbonyl (C=O) groups is 2. The summed E-state index contributed by atoms with van der Waals surface area (Å²) < 4.78 is 6.01. The van der Waals surface area contributed by atoms with E-state index in [1.54, 1.807) is 12.1 Å². The molecule has 0 radical (unpaired) electrons. The van der Waals surface area contributed by atoms with Crippen LogP contribution >= 0.6 is 11.6 Å². The monoisotopic (exact) mass is 550 g/mol. The van der Waals surface area contributed by atoms with E-state index in [-0.39, 0.29) is 23.4 Å². The van der Waals surface area contributed by atoms with E-state index in [1.165, 1.54) is 0 Å². The number of nitrogens with two attached hydrogens (primary N) is 1. The van der Waals surface area contributed by atoms with Crippen molar-refractivity contribution in [1.29, 1.82) is 0 Å². The number of aryl methyl sites for hydroxylation is 1. The Hall–Kier alpha value is -3.42. The summed E-state index contributed by atoms with van der Waals surface area (Å²) in [5, 5.41) is 3.47. The number of nitrogens with zero attached hydrogens (tertiary/aromatic N) is 2. The number of rotatable bonds is 11. The Balaban J connectivity index is 2.04. The van der Waals surface area contributed by atoms with Crippen molar-refractivity contribution in [2.24, 2.45) is 11.1 Å². The molecule has 0 aliphatic heterocycles. The third-order valence-electron chi connectivity index (χ3n) is 6.53. The third-order valence-corrected chi connectivity index (χ3v) is 6.84. The van der Waals surface area contributed by atoms with Crippen LogP contribution in [0.3, 0.4) is 0 Å². The van der Waals surface area contributed by atoms with Gasteiger partial charge >= 0.3 is 0 Å². The van der Waals surface area contributed by atoms with E-state index < -0.39 is 11.9 Å². The van der Waals surface area contributed by atoms with Crippen LogP contribution in [0, 0.1) is 12.3 Å². The highest BCUT2D eigenvalue weighted by Gasteiger charge is 2.29. The zero-order chi connectivity index (χ0) is 28.7. The van der Waals surface area contributed by atoms with Gasteiger partial charge in [-0.3, -0.25) is 9.59 Å². The third kappa shape index (κ3) is 8.28. The minimum absolute atomic E-state index is 0.0368. The fourth-order valence-electron chi connectivity index (χ4n) is 4.23. The molecule has 0 saturated carbocycles. The van der Waals surface area contributed by atoms with Gasteiger partial charge in [-0.15, -0.1) is 0 Å². The van der Waals surface area contributed by atoms with Crippen molar-refractivity contribution < 1.29 is 14.3 Å². The van der Waals surface area contributed by atoms with Gasteiger partial charge in [-0.1, -0.05) is 62.7 Å². The van der Waals surface area contributed by atoms with Gasteiger partial charge in [-0.05, 0) is 68.2 Å². The van der Waals surface area contributed by atoms with Crippen molar-refractivity contribution in [3.8, 4) is 28.1 Å². The van der Waals surface area contributed by atoms with Crippen LogP contribution < -0.4 is 15.8 Å². The van der Waals surface area contributed by atoms with Gasteiger partial charge in [-0.2, -0.15) is 0 Å². The summed E-state index contributed by atoms with van der Waals surface area (Å²) in [5.41, 5.74) is 9.72. The number of aromatic nitrogens is 1. The van der Waals surface area contributed by atoms with Crippen molar-refractivity contribution in [3.05, 3.63) is 70.9 Å². The molecule has 3 N–H and O–H groups in total. The molecule has 0 bridgehead atoms. The molecule has 1 heterocycles. The predicted octanol–water partition coefficient (Wildman–Crippen LogP) is 5.73. The van der Waals surface area contributed by atoms with Crippen LogP contribution in [0.2, 0.25) is 5.02 Å². The van der Waals surface area contributed by atoms with Crippen LogP contribution in [0.15, 0.2) is 54.6 Å². The summed E-state index contributed by atoms with van der Waals surface area (Å²) in [6.07, 6.45) is 0.894. The van der Waals surface area contributed by atoms with Gasteiger partial charge < -0.3 is 20.7 Å². The maximum Gasteiger partial charge on any atom is 0.270 e. The number of hydrogen-bond donors (Lipinski definition) is 2. The summed E-state index contributed by atoms with van der Waals surface area (Å²) >= 11 is 6.47. The van der Waals surface area contributed by atoms with Gasteiger partial charge in [0.2, 0.25) is 5.91 Å². The number of nitrogens with one attached hydrogen (secondary N) is 1. The van der Waals surface area contributed by atoms with E-state index >= 15 is 0 Å². The Morgan fingerprint density at radius 3 is 2.44 bits per heavy atom. The molecule has 7 nitrogen and oxygen atoms in total. The second-order valence-corrected chi connectivity index (χ2v) is 11.5. The van der Waals surface area contributed by atoms with Gasteiger partial charge in [0.25, 0.3) is 5.91 Å². The number of primary amides is 1. The van der Waals surface area contributed by atoms with Gasteiger partial charge in [0, 0.05) is 30.1 Å². The number of carbonyl (C=O) groups excluding carboxylic acids is 2. The number of ether oxygens (including phenoxy) is 1. The van der Waals surface area contributed by atoms with E-state index in [9.17, 15) is 9.59 Å². The van der Waals surface area contributed by atoms with Crippen molar-refractivity contribution in [2.75, 3.05) is 27.2 Å². The summed E-state index contributed by atoms with van der Waals surface area (Å²) in [5.74, 6) is -0.282. The first-order valence-corrected chi connectivity index (χ1v) is 13.5. The SMILES string of the molecule is Cc1ccccc1-c1ccc(C(=O)N[C@@H](CC(N)=O)C(C)(C)C)nc1-c1ccc(Cl)c(OCCCN(C)C)c1. The quantitative estimate of drug-likeness (QED) is 0.297. The van der Waals surface area contributed by atoms with Crippen LogP contribution in [0.4, 0.5) is 0 Å². The van der Waals surface area contributed by atoms with Crippen LogP contribution in [0.5, 0.6) is 5.75 Å². The maximum atomic E-state index is 13.4. The standard InChI is InChI=1S/C31H39ClN4O3/c1-20-10-7-8-11-22(20)23-13-15-25(30(38)35-27(19-28(33)37)31(2,3)4)34-29(23)21-12-14-24(32)26(18-21)39-17-9-16-36(5)6/h7-8,10-15,18,27H,9,16-17,19H2,1-6H3,(H2,33,37)(H,35,38)/t27-/m0/s1. The Labute approximate surface area is 236 Å². The molecule has 39 heavy (non-hydrogen) atoms. The number of benzene rings is 2. The van der Waals surface area contributed by atoms with Gasteiger partial charge in [-0.25, -0.2) is 4.98 Å². The minimum Gasteiger partial charge on any atom is -0.492 e. The zero-order valence-electron chi connectivity index (χ0n) is 23.7. The lowest BCUT2D eigenvalue weighted by atomic mass is 9.84. The van der Waals surface area contributed by atoms with E-state index in [0.29, 0.717) is 23.1 Å². The lowest BCUT2D eigenvalue weighted by molar-refractivity contribution is -0.119. The average Bonchev–Trinajstić information content (AvgIpc) is 2.86.